The summed E-state index contributed by atoms with van der Waals surface area (Å²) < 4.78 is 36.3. The Morgan fingerprint density at radius 2 is 1.38 bits per heavy atom. The summed E-state index contributed by atoms with van der Waals surface area (Å²) in [6.07, 6.45) is 1.26. The van der Waals surface area contributed by atoms with Gasteiger partial charge in [0.15, 0.2) is 19.6 Å². The van der Waals surface area contributed by atoms with Crippen molar-refractivity contribution in [3.63, 3.8) is 0 Å². The molecular formula is C7H15FN2O2S+2. The topological polar surface area (TPSA) is 34.1 Å². The van der Waals surface area contributed by atoms with Gasteiger partial charge in [0.25, 0.3) is 10.0 Å². The van der Waals surface area contributed by atoms with Gasteiger partial charge in [-0.2, -0.15) is 8.42 Å². The van der Waals surface area contributed by atoms with Crippen molar-refractivity contribution in [2.24, 2.45) is 0 Å². The van der Waals surface area contributed by atoms with E-state index < -0.39 is 14.7 Å². The molecule has 13 heavy (non-hydrogen) atoms. The third-order valence-corrected chi connectivity index (χ3v) is 5.38. The lowest BCUT2D eigenvalue weighted by Gasteiger charge is -2.47. The van der Waals surface area contributed by atoms with Crippen molar-refractivity contribution in [1.82, 2.24) is 0 Å². The predicted octanol–water partition coefficient (Wildman–Crippen LogP) is -0.509. The molecule has 0 radical (unpaired) electrons. The molecule has 0 atom stereocenters. The van der Waals surface area contributed by atoms with E-state index in [1.165, 1.54) is 6.26 Å². The lowest BCUT2D eigenvalue weighted by Crippen LogP contribution is -2.73. The summed E-state index contributed by atoms with van der Waals surface area (Å²) in [5.74, 6) is 0. The van der Waals surface area contributed by atoms with Crippen LogP contribution in [0.4, 0.5) is 4.48 Å². The van der Waals surface area contributed by atoms with Gasteiger partial charge in [0.05, 0.1) is 6.26 Å². The molecule has 3 aliphatic rings. The maximum atomic E-state index is 13.6. The van der Waals surface area contributed by atoms with Crippen LogP contribution in [0.2, 0.25) is 0 Å². The van der Waals surface area contributed by atoms with Crippen LogP contribution in [-0.2, 0) is 10.0 Å². The van der Waals surface area contributed by atoms with Crippen LogP contribution in [0.1, 0.15) is 0 Å². The van der Waals surface area contributed by atoms with Crippen molar-refractivity contribution in [1.29, 1.82) is 0 Å². The number of rotatable bonds is 1. The van der Waals surface area contributed by atoms with E-state index in [4.69, 9.17) is 0 Å². The maximum absolute atomic E-state index is 13.6. The minimum atomic E-state index is -3.07. The maximum Gasteiger partial charge on any atom is 0.294 e. The second kappa shape index (κ2) is 2.43. The fourth-order valence-electron chi connectivity index (χ4n) is 2.25. The van der Waals surface area contributed by atoms with Gasteiger partial charge in [0.2, 0.25) is 0 Å². The van der Waals surface area contributed by atoms with Gasteiger partial charge in [0.1, 0.15) is 19.6 Å². The highest BCUT2D eigenvalue weighted by Gasteiger charge is 2.55. The van der Waals surface area contributed by atoms with E-state index in [0.717, 1.165) is 0 Å². The Hall–Kier alpha value is -0.200. The quantitative estimate of drug-likeness (QED) is 0.431. The number of nitrogens with zero attached hydrogens (tertiary/aromatic N) is 2. The SMILES string of the molecule is CS(=O)(=O)[N+]12CC[N+](F)(CC1)CC2. The Kier molecular flexibility index (Phi) is 1.75. The minimum Gasteiger partial charge on any atom is -0.204 e. The zero-order chi connectivity index (χ0) is 9.74. The van der Waals surface area contributed by atoms with Gasteiger partial charge in [-0.3, -0.25) is 0 Å². The Bertz CT molecular complexity index is 303. The van der Waals surface area contributed by atoms with Crippen molar-refractivity contribution in [3.8, 4) is 0 Å². The molecular weight excluding hydrogens is 195 g/mol. The smallest absolute Gasteiger partial charge is 0.204 e. The van der Waals surface area contributed by atoms with E-state index >= 15 is 0 Å². The largest absolute Gasteiger partial charge is 0.294 e. The molecule has 3 aliphatic heterocycles. The average Bonchev–Trinajstić information content (AvgIpc) is 2.04. The molecule has 0 aromatic carbocycles. The minimum absolute atomic E-state index is 0.108. The van der Waals surface area contributed by atoms with E-state index in [-0.39, 0.29) is 3.89 Å². The van der Waals surface area contributed by atoms with Crippen molar-refractivity contribution in [3.05, 3.63) is 0 Å². The first-order valence-electron chi connectivity index (χ1n) is 4.49. The molecule has 0 N–H and O–H groups in total. The first-order valence-corrected chi connectivity index (χ1v) is 6.34. The summed E-state index contributed by atoms with van der Waals surface area (Å²) in [6.45, 7) is 2.38. The summed E-state index contributed by atoms with van der Waals surface area (Å²) in [6, 6.07) is 0. The Labute approximate surface area is 77.7 Å². The molecule has 6 heteroatoms. The van der Waals surface area contributed by atoms with Gasteiger partial charge in [0, 0.05) is 0 Å². The summed E-state index contributed by atoms with van der Waals surface area (Å²) in [5.41, 5.74) is 0. The molecule has 4 nitrogen and oxygen atoms in total. The molecule has 3 heterocycles. The van der Waals surface area contributed by atoms with Crippen molar-refractivity contribution in [2.75, 3.05) is 45.5 Å². The zero-order valence-corrected chi connectivity index (χ0v) is 8.56. The number of hydrogen-bond acceptors (Lipinski definition) is 2. The lowest BCUT2D eigenvalue weighted by atomic mass is 10.2. The van der Waals surface area contributed by atoms with Crippen molar-refractivity contribution in [2.45, 2.75) is 0 Å². The number of piperazine rings is 3. The Morgan fingerprint density at radius 1 is 1.00 bits per heavy atom. The number of fused-ring (bicyclic) bond motifs is 3. The lowest BCUT2D eigenvalue weighted by molar-refractivity contribution is -1.12. The molecule has 0 aliphatic carbocycles. The summed E-state index contributed by atoms with van der Waals surface area (Å²) in [7, 11) is -3.07. The van der Waals surface area contributed by atoms with Crippen LogP contribution in [0.25, 0.3) is 0 Å². The summed E-state index contributed by atoms with van der Waals surface area (Å²) in [5, 5.41) is 0. The fraction of sp³-hybridized carbons (Fsp3) is 1.00. The second-order valence-corrected chi connectivity index (χ2v) is 6.40. The van der Waals surface area contributed by atoms with E-state index in [1.807, 2.05) is 0 Å². The van der Waals surface area contributed by atoms with Crippen LogP contribution < -0.4 is 0 Å². The molecule has 0 spiro atoms. The van der Waals surface area contributed by atoms with Crippen LogP contribution in [0.3, 0.4) is 0 Å². The van der Waals surface area contributed by atoms with Crippen molar-refractivity contribution < 1.29 is 21.5 Å². The molecule has 0 aromatic rings. The van der Waals surface area contributed by atoms with E-state index in [1.54, 1.807) is 0 Å². The molecule has 3 rings (SSSR count). The van der Waals surface area contributed by atoms with Crippen LogP contribution in [0.5, 0.6) is 0 Å². The van der Waals surface area contributed by atoms with Crippen LogP contribution in [0.15, 0.2) is 0 Å². The molecule has 0 unspecified atom stereocenters. The fourth-order valence-corrected chi connectivity index (χ4v) is 3.49. The average molecular weight is 210 g/mol. The third kappa shape index (κ3) is 1.28. The summed E-state index contributed by atoms with van der Waals surface area (Å²) >= 11 is 0. The van der Waals surface area contributed by atoms with Gasteiger partial charge in [-0.05, 0) is 4.48 Å². The zero-order valence-electron chi connectivity index (χ0n) is 7.74. The van der Waals surface area contributed by atoms with Crippen LogP contribution >= 0.6 is 0 Å². The predicted molar refractivity (Wildman–Crippen MR) is 45.7 cm³/mol. The van der Waals surface area contributed by atoms with Gasteiger partial charge in [-0.25, -0.2) is 3.89 Å². The highest BCUT2D eigenvalue weighted by atomic mass is 32.2. The van der Waals surface area contributed by atoms with Gasteiger partial charge >= 0.3 is 0 Å². The molecule has 0 saturated carbocycles. The molecule has 0 amide bonds. The van der Waals surface area contributed by atoms with Gasteiger partial charge in [-0.1, -0.05) is 0 Å². The molecule has 0 aromatic heterocycles. The van der Waals surface area contributed by atoms with E-state index in [0.29, 0.717) is 39.3 Å². The monoisotopic (exact) mass is 210 g/mol. The number of halogens is 1. The van der Waals surface area contributed by atoms with Crippen LogP contribution in [0, 0.1) is 0 Å². The van der Waals surface area contributed by atoms with Crippen molar-refractivity contribution >= 4 is 10.0 Å². The highest BCUT2D eigenvalue weighted by molar-refractivity contribution is 7.85. The number of quaternary nitrogens is 2. The van der Waals surface area contributed by atoms with E-state index in [9.17, 15) is 12.9 Å². The first-order chi connectivity index (χ1) is 5.87. The molecule has 76 valence electrons. The van der Waals surface area contributed by atoms with Gasteiger partial charge < -0.3 is 0 Å². The van der Waals surface area contributed by atoms with E-state index in [2.05, 4.69) is 0 Å². The third-order valence-electron chi connectivity index (χ3n) is 3.43. The standard InChI is InChI=1S/C7H15FN2O2S/c1-13(11,12)10-5-2-9(8,3-6-10)4-7-10/h2-7H2,1H3/q+2. The normalized spacial score (nSPS) is 45.1. The molecule has 2 bridgehead atoms. The molecule has 3 fully saturated rings. The highest BCUT2D eigenvalue weighted by Crippen LogP contribution is 2.29. The first kappa shape index (κ1) is 9.36. The summed E-state index contributed by atoms with van der Waals surface area (Å²) in [4.78, 5) is 0. The van der Waals surface area contributed by atoms with Crippen LogP contribution in [-0.4, -0.2) is 62.5 Å². The molecule has 3 saturated heterocycles. The Balaban J connectivity index is 2.31. The second-order valence-electron chi connectivity index (χ2n) is 4.16. The number of sulfonamides is 1. The Morgan fingerprint density at radius 3 is 1.69 bits per heavy atom. The van der Waals surface area contributed by atoms with Gasteiger partial charge in [-0.15, -0.1) is 4.71 Å². The number of hydrogen-bond donors (Lipinski definition) is 0.